The van der Waals surface area contributed by atoms with Crippen LogP contribution in [-0.4, -0.2) is 32.3 Å². The third-order valence-corrected chi connectivity index (χ3v) is 5.56. The zero-order chi connectivity index (χ0) is 14.3. The molecule has 19 heavy (non-hydrogen) atoms. The van der Waals surface area contributed by atoms with Crippen LogP contribution in [0.5, 0.6) is 0 Å². The summed E-state index contributed by atoms with van der Waals surface area (Å²) < 4.78 is 27.4. The van der Waals surface area contributed by atoms with Crippen molar-refractivity contribution >= 4 is 10.0 Å². The molecule has 4 nitrogen and oxygen atoms in total. The summed E-state index contributed by atoms with van der Waals surface area (Å²) in [5.41, 5.74) is 0. The molecule has 1 fully saturated rings. The van der Waals surface area contributed by atoms with Gasteiger partial charge in [-0.2, -0.15) is 0 Å². The van der Waals surface area contributed by atoms with Gasteiger partial charge in [0.15, 0.2) is 0 Å². The minimum atomic E-state index is -3.19. The topological polar surface area (TPSA) is 58.2 Å². The lowest BCUT2D eigenvalue weighted by Gasteiger charge is -2.21. The van der Waals surface area contributed by atoms with Gasteiger partial charge in [-0.15, -0.1) is 0 Å². The summed E-state index contributed by atoms with van der Waals surface area (Å²) in [7, 11) is -3.19. The van der Waals surface area contributed by atoms with Crippen LogP contribution in [0.2, 0.25) is 0 Å². The van der Waals surface area contributed by atoms with Crippen LogP contribution in [0, 0.1) is 0 Å². The molecule has 0 saturated heterocycles. The van der Waals surface area contributed by atoms with Crippen molar-refractivity contribution in [1.82, 2.24) is 10.0 Å². The second-order valence-electron chi connectivity index (χ2n) is 5.78. The standard InChI is InChI=1S/C14H30N2O2S/c1-4-6-8-14(7-5-2)16-19(17,18)12(3)11-15-13-9-10-13/h12-16H,4-11H2,1-3H3. The molecule has 114 valence electrons. The molecule has 0 aromatic carbocycles. The first kappa shape index (κ1) is 16.9. The van der Waals surface area contributed by atoms with E-state index in [1.54, 1.807) is 6.92 Å². The monoisotopic (exact) mass is 290 g/mol. The maximum Gasteiger partial charge on any atom is 0.215 e. The minimum absolute atomic E-state index is 0.110. The Kier molecular flexibility index (Phi) is 7.32. The van der Waals surface area contributed by atoms with Gasteiger partial charge >= 0.3 is 0 Å². The fourth-order valence-electron chi connectivity index (χ4n) is 2.14. The molecule has 1 saturated carbocycles. The predicted molar refractivity (Wildman–Crippen MR) is 80.8 cm³/mol. The number of sulfonamides is 1. The first-order valence-electron chi connectivity index (χ1n) is 7.74. The summed E-state index contributed by atoms with van der Waals surface area (Å²) >= 11 is 0. The van der Waals surface area contributed by atoms with E-state index in [1.165, 1.54) is 12.8 Å². The Balaban J connectivity index is 2.42. The van der Waals surface area contributed by atoms with Gasteiger partial charge in [-0.25, -0.2) is 13.1 Å². The molecule has 0 aromatic rings. The molecular weight excluding hydrogens is 260 g/mol. The minimum Gasteiger partial charge on any atom is -0.313 e. The lowest BCUT2D eigenvalue weighted by molar-refractivity contribution is 0.477. The normalized spacial score (nSPS) is 19.3. The summed E-state index contributed by atoms with van der Waals surface area (Å²) in [6, 6.07) is 0.669. The molecule has 0 aromatic heterocycles. The van der Waals surface area contributed by atoms with Crippen LogP contribution in [-0.2, 0) is 10.0 Å². The lowest BCUT2D eigenvalue weighted by Crippen LogP contribution is -2.44. The van der Waals surface area contributed by atoms with Gasteiger partial charge < -0.3 is 5.32 Å². The molecule has 0 radical (unpaired) electrons. The first-order chi connectivity index (χ1) is 8.99. The highest BCUT2D eigenvalue weighted by Crippen LogP contribution is 2.19. The molecule has 1 aliphatic rings. The molecule has 2 N–H and O–H groups in total. The zero-order valence-corrected chi connectivity index (χ0v) is 13.4. The van der Waals surface area contributed by atoms with Crippen molar-refractivity contribution < 1.29 is 8.42 Å². The Morgan fingerprint density at radius 1 is 1.16 bits per heavy atom. The highest BCUT2D eigenvalue weighted by molar-refractivity contribution is 7.90. The van der Waals surface area contributed by atoms with E-state index in [2.05, 4.69) is 23.9 Å². The molecule has 5 heteroatoms. The van der Waals surface area contributed by atoms with Crippen LogP contribution in [0.4, 0.5) is 0 Å². The van der Waals surface area contributed by atoms with E-state index in [4.69, 9.17) is 0 Å². The Morgan fingerprint density at radius 2 is 1.84 bits per heavy atom. The third-order valence-electron chi connectivity index (χ3n) is 3.68. The molecule has 1 aliphatic carbocycles. The lowest BCUT2D eigenvalue weighted by atomic mass is 10.1. The second kappa shape index (κ2) is 8.22. The fourth-order valence-corrected chi connectivity index (χ4v) is 3.39. The van der Waals surface area contributed by atoms with Gasteiger partial charge in [0.2, 0.25) is 10.0 Å². The zero-order valence-electron chi connectivity index (χ0n) is 12.6. The molecule has 0 bridgehead atoms. The average molecular weight is 290 g/mol. The smallest absolute Gasteiger partial charge is 0.215 e. The molecule has 0 heterocycles. The van der Waals surface area contributed by atoms with E-state index in [1.807, 2.05) is 0 Å². The summed E-state index contributed by atoms with van der Waals surface area (Å²) in [4.78, 5) is 0. The van der Waals surface area contributed by atoms with Crippen LogP contribution in [0.25, 0.3) is 0 Å². The average Bonchev–Trinajstić information content (AvgIpc) is 3.16. The summed E-state index contributed by atoms with van der Waals surface area (Å²) in [5, 5.41) is 2.94. The van der Waals surface area contributed by atoms with Crippen molar-refractivity contribution in [2.24, 2.45) is 0 Å². The van der Waals surface area contributed by atoms with Gasteiger partial charge in [0.1, 0.15) is 0 Å². The summed E-state index contributed by atoms with van der Waals surface area (Å²) in [6.45, 7) is 6.60. The van der Waals surface area contributed by atoms with Crippen molar-refractivity contribution in [3.05, 3.63) is 0 Å². The molecule has 2 atom stereocenters. The second-order valence-corrected chi connectivity index (χ2v) is 7.91. The van der Waals surface area contributed by atoms with Gasteiger partial charge in [0, 0.05) is 18.6 Å². The molecule has 0 aliphatic heterocycles. The van der Waals surface area contributed by atoms with Crippen molar-refractivity contribution in [1.29, 1.82) is 0 Å². The van der Waals surface area contributed by atoms with Gasteiger partial charge in [-0.05, 0) is 32.6 Å². The maximum atomic E-state index is 12.3. The Morgan fingerprint density at radius 3 is 2.37 bits per heavy atom. The van der Waals surface area contributed by atoms with Crippen LogP contribution >= 0.6 is 0 Å². The van der Waals surface area contributed by atoms with Crippen molar-refractivity contribution in [3.8, 4) is 0 Å². The van der Waals surface area contributed by atoms with Gasteiger partial charge in [-0.1, -0.05) is 33.1 Å². The van der Waals surface area contributed by atoms with Crippen LogP contribution in [0.15, 0.2) is 0 Å². The van der Waals surface area contributed by atoms with Crippen LogP contribution in [0.1, 0.15) is 65.7 Å². The summed E-state index contributed by atoms with van der Waals surface area (Å²) in [5.74, 6) is 0. The van der Waals surface area contributed by atoms with E-state index in [0.29, 0.717) is 12.6 Å². The molecule has 2 unspecified atom stereocenters. The predicted octanol–water partition coefficient (Wildman–Crippen LogP) is 2.41. The van der Waals surface area contributed by atoms with E-state index in [9.17, 15) is 8.42 Å². The Bertz CT molecular complexity index is 339. The number of hydrogen-bond donors (Lipinski definition) is 2. The van der Waals surface area contributed by atoms with Crippen molar-refractivity contribution in [2.75, 3.05) is 6.54 Å². The SMILES string of the molecule is CCCCC(CCC)NS(=O)(=O)C(C)CNC1CC1. The Hall–Kier alpha value is -0.130. The highest BCUT2D eigenvalue weighted by Gasteiger charge is 2.27. The van der Waals surface area contributed by atoms with Crippen molar-refractivity contribution in [2.45, 2.75) is 83.1 Å². The van der Waals surface area contributed by atoms with Crippen molar-refractivity contribution in [3.63, 3.8) is 0 Å². The Labute approximate surface area is 118 Å². The largest absolute Gasteiger partial charge is 0.313 e. The molecular formula is C14H30N2O2S. The molecule has 0 spiro atoms. The third kappa shape index (κ3) is 6.72. The van der Waals surface area contributed by atoms with Gasteiger partial charge in [-0.3, -0.25) is 0 Å². The van der Waals surface area contributed by atoms with E-state index in [0.717, 1.165) is 32.1 Å². The molecule has 0 amide bonds. The number of hydrogen-bond acceptors (Lipinski definition) is 3. The first-order valence-corrected chi connectivity index (χ1v) is 9.28. The quantitative estimate of drug-likeness (QED) is 0.614. The maximum absolute atomic E-state index is 12.3. The number of rotatable bonds is 11. The van der Waals surface area contributed by atoms with Gasteiger partial charge in [0.25, 0.3) is 0 Å². The number of nitrogens with one attached hydrogen (secondary N) is 2. The number of unbranched alkanes of at least 4 members (excludes halogenated alkanes) is 1. The molecule has 1 rings (SSSR count). The van der Waals surface area contributed by atoms with Gasteiger partial charge in [0.05, 0.1) is 5.25 Å². The van der Waals surface area contributed by atoms with E-state index < -0.39 is 10.0 Å². The van der Waals surface area contributed by atoms with E-state index in [-0.39, 0.29) is 11.3 Å². The van der Waals surface area contributed by atoms with E-state index >= 15 is 0 Å². The fraction of sp³-hybridized carbons (Fsp3) is 1.00. The highest BCUT2D eigenvalue weighted by atomic mass is 32.2. The summed E-state index contributed by atoms with van der Waals surface area (Å²) in [6.07, 6.45) is 7.48. The van der Waals surface area contributed by atoms with Crippen LogP contribution < -0.4 is 10.0 Å². The van der Waals surface area contributed by atoms with Crippen LogP contribution in [0.3, 0.4) is 0 Å².